The smallest absolute Gasteiger partial charge is 0.265 e. The van der Waals surface area contributed by atoms with Gasteiger partial charge < -0.3 is 15.7 Å². The minimum atomic E-state index is -2.04. The lowest BCUT2D eigenvalue weighted by Crippen LogP contribution is -2.49. The third kappa shape index (κ3) is 2.82. The Morgan fingerprint density at radius 3 is 2.59 bits per heavy atom. The minimum absolute atomic E-state index is 0.0339. The van der Waals surface area contributed by atoms with E-state index < -0.39 is 22.7 Å². The van der Waals surface area contributed by atoms with E-state index in [1.54, 1.807) is 42.5 Å². The number of nitrogens with two attached hydrogens (primary N) is 1. The Morgan fingerprint density at radius 1 is 1.19 bits per heavy atom. The van der Waals surface area contributed by atoms with Crippen LogP contribution in [-0.2, 0) is 21.7 Å². The summed E-state index contributed by atoms with van der Waals surface area (Å²) in [6.45, 7) is 0.164. The Hall–Kier alpha value is -2.06. The highest BCUT2D eigenvalue weighted by atomic mass is 35.5. The van der Waals surface area contributed by atoms with E-state index in [0.717, 1.165) is 17.3 Å². The van der Waals surface area contributed by atoms with Crippen LogP contribution in [0.4, 0.5) is 5.69 Å². The SMILES string of the molecule is NC1=NC(=O)C(C2(O)C(=O)N(Cc3ccc(Cl)c(Cl)c3)c3ccccc32)S1. The maximum Gasteiger partial charge on any atom is 0.265 e. The van der Waals surface area contributed by atoms with Crippen LogP contribution in [0.25, 0.3) is 0 Å². The van der Waals surface area contributed by atoms with E-state index in [9.17, 15) is 14.7 Å². The number of para-hydroxylation sites is 1. The maximum atomic E-state index is 13.2. The van der Waals surface area contributed by atoms with Crippen LogP contribution in [0.1, 0.15) is 11.1 Å². The number of fused-ring (bicyclic) bond motifs is 1. The Balaban J connectivity index is 1.76. The molecule has 0 bridgehead atoms. The zero-order valence-electron chi connectivity index (χ0n) is 13.7. The number of carbonyl (C=O) groups excluding carboxylic acids is 2. The molecule has 0 aromatic heterocycles. The van der Waals surface area contributed by atoms with Crippen molar-refractivity contribution in [3.05, 3.63) is 63.6 Å². The zero-order valence-corrected chi connectivity index (χ0v) is 16.1. The quantitative estimate of drug-likeness (QED) is 0.793. The van der Waals surface area contributed by atoms with E-state index in [4.69, 9.17) is 28.9 Å². The average molecular weight is 422 g/mol. The number of anilines is 1. The van der Waals surface area contributed by atoms with Crippen LogP contribution in [0.3, 0.4) is 0 Å². The van der Waals surface area contributed by atoms with Crippen LogP contribution < -0.4 is 10.6 Å². The van der Waals surface area contributed by atoms with Crippen LogP contribution in [0.15, 0.2) is 47.5 Å². The summed E-state index contributed by atoms with van der Waals surface area (Å²) < 4.78 is 0. The molecule has 2 aromatic rings. The molecule has 4 rings (SSSR count). The second-order valence-corrected chi connectivity index (χ2v) is 8.15. The molecule has 2 aliphatic heterocycles. The summed E-state index contributed by atoms with van der Waals surface area (Å²) in [5, 5.41) is 11.0. The Bertz CT molecular complexity index is 1010. The Labute approximate surface area is 169 Å². The van der Waals surface area contributed by atoms with Gasteiger partial charge in [0.1, 0.15) is 5.25 Å². The standard InChI is InChI=1S/C18H13Cl2N3O3S/c19-11-6-5-9(7-12(11)20)8-23-13-4-2-1-3-10(13)18(26,16(23)25)14-15(24)22-17(21)27-14/h1-7,14,26H,8H2,(H2,21,22,24). The van der Waals surface area contributed by atoms with E-state index in [0.29, 0.717) is 21.3 Å². The first kappa shape index (κ1) is 18.3. The average Bonchev–Trinajstić information content (AvgIpc) is 3.09. The number of aliphatic imine (C=N–C) groups is 1. The molecular formula is C18H13Cl2N3O3S. The topological polar surface area (TPSA) is 96.0 Å². The molecule has 6 nitrogen and oxygen atoms in total. The van der Waals surface area contributed by atoms with Gasteiger partial charge in [0.05, 0.1) is 22.3 Å². The highest BCUT2D eigenvalue weighted by Gasteiger charge is 2.59. The van der Waals surface area contributed by atoms with Gasteiger partial charge in [-0.05, 0) is 23.8 Å². The Morgan fingerprint density at radius 2 is 1.93 bits per heavy atom. The van der Waals surface area contributed by atoms with Crippen molar-refractivity contribution in [3.63, 3.8) is 0 Å². The minimum Gasteiger partial charge on any atom is -0.378 e. The second-order valence-electron chi connectivity index (χ2n) is 6.21. The Kier molecular flexibility index (Phi) is 4.43. The van der Waals surface area contributed by atoms with Crippen LogP contribution in [0.2, 0.25) is 10.0 Å². The van der Waals surface area contributed by atoms with Crippen molar-refractivity contribution >= 4 is 57.6 Å². The van der Waals surface area contributed by atoms with Gasteiger partial charge in [-0.25, -0.2) is 0 Å². The van der Waals surface area contributed by atoms with Crippen LogP contribution in [0, 0.1) is 0 Å². The molecule has 0 saturated carbocycles. The predicted molar refractivity (Wildman–Crippen MR) is 106 cm³/mol. The van der Waals surface area contributed by atoms with Gasteiger partial charge in [-0.1, -0.05) is 59.2 Å². The fourth-order valence-electron chi connectivity index (χ4n) is 3.32. The monoisotopic (exact) mass is 421 g/mol. The maximum absolute atomic E-state index is 13.2. The summed E-state index contributed by atoms with van der Waals surface area (Å²) in [6.07, 6.45) is 0. The van der Waals surface area contributed by atoms with Crippen molar-refractivity contribution in [1.29, 1.82) is 0 Å². The molecular weight excluding hydrogens is 409 g/mol. The number of benzene rings is 2. The number of carbonyl (C=O) groups is 2. The number of amides is 2. The molecule has 0 saturated heterocycles. The molecule has 2 atom stereocenters. The van der Waals surface area contributed by atoms with Crippen molar-refractivity contribution in [3.8, 4) is 0 Å². The fourth-order valence-corrected chi connectivity index (χ4v) is 4.58. The second kappa shape index (κ2) is 6.53. The van der Waals surface area contributed by atoms with E-state index in [2.05, 4.69) is 4.99 Å². The van der Waals surface area contributed by atoms with Crippen LogP contribution in [-0.4, -0.2) is 27.3 Å². The van der Waals surface area contributed by atoms with E-state index >= 15 is 0 Å². The largest absolute Gasteiger partial charge is 0.378 e. The van der Waals surface area contributed by atoms with Crippen LogP contribution >= 0.6 is 35.0 Å². The van der Waals surface area contributed by atoms with Crippen molar-refractivity contribution in [2.75, 3.05) is 4.90 Å². The van der Waals surface area contributed by atoms with Crippen molar-refractivity contribution in [1.82, 2.24) is 0 Å². The van der Waals surface area contributed by atoms with Gasteiger partial charge >= 0.3 is 0 Å². The molecule has 27 heavy (non-hydrogen) atoms. The summed E-state index contributed by atoms with van der Waals surface area (Å²) in [7, 11) is 0. The molecule has 2 aliphatic rings. The number of rotatable bonds is 3. The summed E-state index contributed by atoms with van der Waals surface area (Å²) in [5.41, 5.74) is 5.19. The first-order valence-electron chi connectivity index (χ1n) is 7.95. The van der Waals surface area contributed by atoms with Gasteiger partial charge in [-0.2, -0.15) is 4.99 Å². The van der Waals surface area contributed by atoms with E-state index in [-0.39, 0.29) is 11.7 Å². The van der Waals surface area contributed by atoms with Gasteiger partial charge in [0.25, 0.3) is 11.8 Å². The number of thioether (sulfide) groups is 1. The van der Waals surface area contributed by atoms with Crippen molar-refractivity contribution in [2.45, 2.75) is 17.4 Å². The van der Waals surface area contributed by atoms with Crippen LogP contribution in [0.5, 0.6) is 0 Å². The molecule has 9 heteroatoms. The van der Waals surface area contributed by atoms with E-state index in [1.165, 1.54) is 4.90 Å². The summed E-state index contributed by atoms with van der Waals surface area (Å²) in [5.74, 6) is -1.23. The third-order valence-electron chi connectivity index (χ3n) is 4.56. The number of nitrogens with zero attached hydrogens (tertiary/aromatic N) is 2. The summed E-state index contributed by atoms with van der Waals surface area (Å²) in [6, 6.07) is 11.9. The number of halogens is 2. The lowest BCUT2D eigenvalue weighted by molar-refractivity contribution is -0.140. The summed E-state index contributed by atoms with van der Waals surface area (Å²) >= 11 is 12.9. The molecule has 0 fully saturated rings. The molecule has 3 N–H and O–H groups in total. The van der Waals surface area contributed by atoms with Crippen molar-refractivity contribution < 1.29 is 14.7 Å². The van der Waals surface area contributed by atoms with Gasteiger partial charge in [0, 0.05) is 5.56 Å². The van der Waals surface area contributed by atoms with Gasteiger partial charge in [-0.3, -0.25) is 9.59 Å². The number of hydrogen-bond acceptors (Lipinski definition) is 5. The van der Waals surface area contributed by atoms with Gasteiger partial charge in [0.15, 0.2) is 10.8 Å². The summed E-state index contributed by atoms with van der Waals surface area (Å²) in [4.78, 5) is 30.5. The predicted octanol–water partition coefficient (Wildman–Crippen LogP) is 2.68. The van der Waals surface area contributed by atoms with E-state index in [1.807, 2.05) is 0 Å². The molecule has 0 radical (unpaired) electrons. The first-order valence-corrected chi connectivity index (χ1v) is 9.58. The molecule has 0 spiro atoms. The molecule has 2 aromatic carbocycles. The number of hydrogen-bond donors (Lipinski definition) is 2. The lowest BCUT2D eigenvalue weighted by atomic mass is 9.91. The molecule has 0 aliphatic carbocycles. The van der Waals surface area contributed by atoms with Gasteiger partial charge in [-0.15, -0.1) is 0 Å². The highest BCUT2D eigenvalue weighted by Crippen LogP contribution is 2.48. The lowest BCUT2D eigenvalue weighted by Gasteiger charge is -2.26. The number of amidine groups is 1. The number of aliphatic hydroxyl groups is 1. The third-order valence-corrected chi connectivity index (χ3v) is 6.41. The normalized spacial score (nSPS) is 24.3. The zero-order chi connectivity index (χ0) is 19.3. The molecule has 2 unspecified atom stereocenters. The highest BCUT2D eigenvalue weighted by molar-refractivity contribution is 8.15. The fraction of sp³-hybridized carbons (Fsp3) is 0.167. The van der Waals surface area contributed by atoms with Crippen molar-refractivity contribution in [2.24, 2.45) is 10.7 Å². The molecule has 138 valence electrons. The molecule has 2 amide bonds. The molecule has 2 heterocycles. The van der Waals surface area contributed by atoms with Gasteiger partial charge in [0.2, 0.25) is 0 Å². The first-order chi connectivity index (χ1) is 12.8.